The lowest BCUT2D eigenvalue weighted by Crippen LogP contribution is -2.30. The molecule has 0 spiro atoms. The molecule has 0 saturated heterocycles. The van der Waals surface area contributed by atoms with Gasteiger partial charge in [0.25, 0.3) is 0 Å². The molecule has 0 aliphatic heterocycles. The molecule has 0 aromatic heterocycles. The smallest absolute Gasteiger partial charge is 0.123 e. The van der Waals surface area contributed by atoms with Gasteiger partial charge in [0.05, 0.1) is 0 Å². The molecule has 19 heavy (non-hydrogen) atoms. The van der Waals surface area contributed by atoms with Crippen molar-refractivity contribution in [1.82, 2.24) is 5.32 Å². The summed E-state index contributed by atoms with van der Waals surface area (Å²) >= 11 is 0. The van der Waals surface area contributed by atoms with E-state index in [-0.39, 0.29) is 5.82 Å². The molecule has 0 bridgehead atoms. The molecule has 0 saturated carbocycles. The van der Waals surface area contributed by atoms with Gasteiger partial charge in [0, 0.05) is 6.04 Å². The Hall–Kier alpha value is -0.890. The van der Waals surface area contributed by atoms with Crippen LogP contribution in [0.2, 0.25) is 0 Å². The Kier molecular flexibility index (Phi) is 7.73. The van der Waals surface area contributed by atoms with Crippen molar-refractivity contribution in [2.45, 2.75) is 58.4 Å². The van der Waals surface area contributed by atoms with Gasteiger partial charge in [-0.2, -0.15) is 0 Å². The molecule has 0 aliphatic carbocycles. The van der Waals surface area contributed by atoms with Gasteiger partial charge < -0.3 is 5.32 Å². The van der Waals surface area contributed by atoms with Gasteiger partial charge in [0.15, 0.2) is 0 Å². The summed E-state index contributed by atoms with van der Waals surface area (Å²) in [5.74, 6) is 0.649. The average Bonchev–Trinajstić information content (AvgIpc) is 2.42. The van der Waals surface area contributed by atoms with Crippen LogP contribution in [0.25, 0.3) is 0 Å². The lowest BCUT2D eigenvalue weighted by molar-refractivity contribution is 0.358. The standard InChI is InChI=1S/C17H28FN/c1-4-6-8-14(5-2)12-17(19-3)13-15-9-7-10-16(18)11-15/h7,9-11,14,17,19H,4-6,8,12-13H2,1-3H3. The quantitative estimate of drug-likeness (QED) is 0.690. The molecule has 1 nitrogen and oxygen atoms in total. The fourth-order valence-corrected chi connectivity index (χ4v) is 2.64. The Bertz CT molecular complexity index is 351. The van der Waals surface area contributed by atoms with Crippen molar-refractivity contribution in [2.75, 3.05) is 7.05 Å². The van der Waals surface area contributed by atoms with Crippen LogP contribution in [0, 0.1) is 11.7 Å². The second kappa shape index (κ2) is 9.08. The number of unbranched alkanes of at least 4 members (excludes halogenated alkanes) is 1. The Morgan fingerprint density at radius 2 is 2.05 bits per heavy atom. The van der Waals surface area contributed by atoms with Crippen molar-refractivity contribution in [3.8, 4) is 0 Å². The van der Waals surface area contributed by atoms with E-state index in [2.05, 4.69) is 19.2 Å². The lowest BCUT2D eigenvalue weighted by Gasteiger charge is -2.22. The van der Waals surface area contributed by atoms with E-state index in [1.54, 1.807) is 12.1 Å². The number of hydrogen-bond acceptors (Lipinski definition) is 1. The van der Waals surface area contributed by atoms with E-state index in [9.17, 15) is 4.39 Å². The Morgan fingerprint density at radius 3 is 2.63 bits per heavy atom. The molecular formula is C17H28FN. The summed E-state index contributed by atoms with van der Waals surface area (Å²) in [7, 11) is 2.01. The Labute approximate surface area is 117 Å². The van der Waals surface area contributed by atoms with Crippen LogP contribution in [0.3, 0.4) is 0 Å². The predicted molar refractivity (Wildman–Crippen MR) is 80.9 cm³/mol. The van der Waals surface area contributed by atoms with Crippen molar-refractivity contribution in [2.24, 2.45) is 5.92 Å². The first-order valence-corrected chi connectivity index (χ1v) is 7.61. The van der Waals surface area contributed by atoms with Crippen LogP contribution in [0.15, 0.2) is 24.3 Å². The van der Waals surface area contributed by atoms with Gasteiger partial charge in [0.2, 0.25) is 0 Å². The minimum absolute atomic E-state index is 0.134. The highest BCUT2D eigenvalue weighted by Gasteiger charge is 2.14. The summed E-state index contributed by atoms with van der Waals surface area (Å²) in [4.78, 5) is 0. The van der Waals surface area contributed by atoms with Crippen LogP contribution in [0.5, 0.6) is 0 Å². The maximum atomic E-state index is 13.2. The number of nitrogens with one attached hydrogen (secondary N) is 1. The largest absolute Gasteiger partial charge is 0.317 e. The van der Waals surface area contributed by atoms with Crippen LogP contribution in [-0.2, 0) is 6.42 Å². The zero-order valence-electron chi connectivity index (χ0n) is 12.6. The molecule has 2 heteroatoms. The molecule has 1 aromatic carbocycles. The fourth-order valence-electron chi connectivity index (χ4n) is 2.64. The third-order valence-electron chi connectivity index (χ3n) is 3.94. The summed E-state index contributed by atoms with van der Waals surface area (Å²) in [5.41, 5.74) is 1.09. The molecular weight excluding hydrogens is 237 g/mol. The monoisotopic (exact) mass is 265 g/mol. The van der Waals surface area contributed by atoms with Crippen molar-refractivity contribution >= 4 is 0 Å². The van der Waals surface area contributed by atoms with E-state index in [0.717, 1.165) is 17.9 Å². The number of rotatable bonds is 9. The second-order valence-corrected chi connectivity index (χ2v) is 5.47. The van der Waals surface area contributed by atoms with E-state index in [0.29, 0.717) is 6.04 Å². The molecule has 0 amide bonds. The minimum atomic E-state index is -0.134. The molecule has 1 rings (SSSR count). The van der Waals surface area contributed by atoms with Crippen molar-refractivity contribution < 1.29 is 4.39 Å². The van der Waals surface area contributed by atoms with E-state index < -0.39 is 0 Å². The van der Waals surface area contributed by atoms with Crippen LogP contribution in [0.4, 0.5) is 4.39 Å². The molecule has 2 atom stereocenters. The van der Waals surface area contributed by atoms with Crippen LogP contribution in [0.1, 0.15) is 51.5 Å². The molecule has 2 unspecified atom stereocenters. The summed E-state index contributed by atoms with van der Waals surface area (Å²) in [5, 5.41) is 3.39. The minimum Gasteiger partial charge on any atom is -0.317 e. The van der Waals surface area contributed by atoms with Crippen molar-refractivity contribution in [3.63, 3.8) is 0 Å². The lowest BCUT2D eigenvalue weighted by atomic mass is 9.89. The van der Waals surface area contributed by atoms with Gasteiger partial charge in [-0.1, -0.05) is 51.7 Å². The molecule has 0 radical (unpaired) electrons. The van der Waals surface area contributed by atoms with Crippen molar-refractivity contribution in [1.29, 1.82) is 0 Å². The SMILES string of the molecule is CCCCC(CC)CC(Cc1cccc(F)c1)NC. The molecule has 1 aromatic rings. The van der Waals surface area contributed by atoms with Gasteiger partial charge in [0.1, 0.15) is 5.82 Å². The Morgan fingerprint density at radius 1 is 1.26 bits per heavy atom. The third-order valence-corrected chi connectivity index (χ3v) is 3.94. The Balaban J connectivity index is 2.52. The van der Waals surface area contributed by atoms with Crippen LogP contribution >= 0.6 is 0 Å². The zero-order chi connectivity index (χ0) is 14.1. The molecule has 108 valence electrons. The highest BCUT2D eigenvalue weighted by molar-refractivity contribution is 5.17. The highest BCUT2D eigenvalue weighted by Crippen LogP contribution is 2.20. The topological polar surface area (TPSA) is 12.0 Å². The summed E-state index contributed by atoms with van der Waals surface area (Å²) in [6.07, 6.45) is 7.23. The zero-order valence-corrected chi connectivity index (χ0v) is 12.6. The first-order valence-electron chi connectivity index (χ1n) is 7.61. The van der Waals surface area contributed by atoms with Crippen molar-refractivity contribution in [3.05, 3.63) is 35.6 Å². The van der Waals surface area contributed by atoms with Crippen LogP contribution in [-0.4, -0.2) is 13.1 Å². The fraction of sp³-hybridized carbons (Fsp3) is 0.647. The van der Waals surface area contributed by atoms with E-state index in [4.69, 9.17) is 0 Å². The van der Waals surface area contributed by atoms with Gasteiger partial charge in [-0.25, -0.2) is 4.39 Å². The van der Waals surface area contributed by atoms with Gasteiger partial charge >= 0.3 is 0 Å². The number of benzene rings is 1. The van der Waals surface area contributed by atoms with E-state index >= 15 is 0 Å². The normalized spacial score (nSPS) is 14.3. The first kappa shape index (κ1) is 16.2. The number of likely N-dealkylation sites (N-methyl/N-ethyl adjacent to an activating group) is 1. The summed E-state index contributed by atoms with van der Waals surface area (Å²) < 4.78 is 13.2. The molecule has 1 N–H and O–H groups in total. The average molecular weight is 265 g/mol. The predicted octanol–water partition coefficient (Wildman–Crippen LogP) is 4.56. The van der Waals surface area contributed by atoms with Gasteiger partial charge in [-0.3, -0.25) is 0 Å². The molecule has 0 fully saturated rings. The van der Waals surface area contributed by atoms with E-state index in [1.165, 1.54) is 38.2 Å². The van der Waals surface area contributed by atoms with Gasteiger partial charge in [-0.15, -0.1) is 0 Å². The molecule has 0 aliphatic rings. The summed E-state index contributed by atoms with van der Waals surface area (Å²) in [6.45, 7) is 4.52. The molecule has 0 heterocycles. The maximum absolute atomic E-state index is 13.2. The first-order chi connectivity index (χ1) is 9.19. The number of hydrogen-bond donors (Lipinski definition) is 1. The van der Waals surface area contributed by atoms with Crippen LogP contribution < -0.4 is 5.32 Å². The number of halogens is 1. The third kappa shape index (κ3) is 6.20. The highest BCUT2D eigenvalue weighted by atomic mass is 19.1. The van der Waals surface area contributed by atoms with E-state index in [1.807, 2.05) is 13.1 Å². The van der Waals surface area contributed by atoms with Gasteiger partial charge in [-0.05, 0) is 43.5 Å². The second-order valence-electron chi connectivity index (χ2n) is 5.47. The summed E-state index contributed by atoms with van der Waals surface area (Å²) in [6, 6.07) is 7.42. The maximum Gasteiger partial charge on any atom is 0.123 e.